The first kappa shape index (κ1) is 21.2. The van der Waals surface area contributed by atoms with Crippen LogP contribution in [0.4, 0.5) is 5.13 Å². The van der Waals surface area contributed by atoms with Gasteiger partial charge in [-0.15, -0.1) is 11.3 Å². The molecule has 0 N–H and O–H groups in total. The number of ketones is 1. The number of aromatic nitrogens is 1. The lowest BCUT2D eigenvalue weighted by molar-refractivity contribution is -0.147. The zero-order valence-electron chi connectivity index (χ0n) is 16.7. The minimum atomic E-state index is -0.630. The van der Waals surface area contributed by atoms with Crippen LogP contribution < -0.4 is 4.90 Å². The summed E-state index contributed by atoms with van der Waals surface area (Å²) in [5.41, 5.74) is 2.21. The molecule has 1 amide bonds. The second-order valence-corrected chi connectivity index (χ2v) is 8.83. The van der Waals surface area contributed by atoms with Crippen molar-refractivity contribution in [3.63, 3.8) is 0 Å². The summed E-state index contributed by atoms with van der Waals surface area (Å²) >= 11 is 7.23. The molecule has 0 radical (unpaired) electrons. The van der Waals surface area contributed by atoms with Crippen molar-refractivity contribution in [2.24, 2.45) is 5.92 Å². The van der Waals surface area contributed by atoms with Gasteiger partial charge in [0.1, 0.15) is 0 Å². The Bertz CT molecular complexity index is 1130. The number of halogens is 1. The average Bonchev–Trinajstić information content (AvgIpc) is 3.35. The van der Waals surface area contributed by atoms with Gasteiger partial charge in [0.25, 0.3) is 0 Å². The Morgan fingerprint density at radius 2 is 1.87 bits per heavy atom. The molecule has 1 aromatic heterocycles. The summed E-state index contributed by atoms with van der Waals surface area (Å²) in [5, 5.41) is 1.08. The van der Waals surface area contributed by atoms with Crippen LogP contribution in [0, 0.1) is 12.8 Å². The molecule has 0 unspecified atom stereocenters. The van der Waals surface area contributed by atoms with Gasteiger partial charge in [-0.05, 0) is 31.2 Å². The van der Waals surface area contributed by atoms with Crippen LogP contribution in [0.1, 0.15) is 21.7 Å². The third kappa shape index (κ3) is 4.68. The van der Waals surface area contributed by atoms with Crippen LogP contribution in [0.2, 0.25) is 5.02 Å². The third-order valence-corrected chi connectivity index (χ3v) is 6.28. The van der Waals surface area contributed by atoms with Crippen LogP contribution in [0.5, 0.6) is 0 Å². The highest BCUT2D eigenvalue weighted by Crippen LogP contribution is 2.35. The van der Waals surface area contributed by atoms with Crippen LogP contribution in [0.3, 0.4) is 0 Å². The van der Waals surface area contributed by atoms with E-state index in [1.165, 1.54) is 16.2 Å². The van der Waals surface area contributed by atoms with E-state index in [4.69, 9.17) is 16.3 Å². The smallest absolute Gasteiger partial charge is 0.311 e. The fourth-order valence-corrected chi connectivity index (χ4v) is 4.47. The van der Waals surface area contributed by atoms with Crippen molar-refractivity contribution in [2.45, 2.75) is 13.3 Å². The second-order valence-electron chi connectivity index (χ2n) is 7.21. The monoisotopic (exact) mass is 454 g/mol. The molecule has 0 saturated carbocycles. The highest BCUT2D eigenvalue weighted by atomic mass is 35.5. The molecule has 31 heavy (non-hydrogen) atoms. The molecular weight excluding hydrogens is 436 g/mol. The fraction of sp³-hybridized carbons (Fsp3) is 0.217. The largest absolute Gasteiger partial charge is 0.457 e. The zero-order valence-corrected chi connectivity index (χ0v) is 18.3. The molecule has 6 nitrogen and oxygen atoms in total. The molecule has 2 heterocycles. The average molecular weight is 455 g/mol. The molecular formula is C23H19ClN2O4S. The highest BCUT2D eigenvalue weighted by molar-refractivity contribution is 7.16. The number of Topliss-reactive ketones (excluding diaryl/α,β-unsaturated/α-hetero) is 1. The van der Waals surface area contributed by atoms with Gasteiger partial charge in [0.15, 0.2) is 17.5 Å². The van der Waals surface area contributed by atoms with Crippen LogP contribution in [-0.2, 0) is 14.3 Å². The summed E-state index contributed by atoms with van der Waals surface area (Å²) in [5.74, 6) is -1.70. The Labute approximate surface area is 188 Å². The summed E-state index contributed by atoms with van der Waals surface area (Å²) in [6.07, 6.45) is 0.0350. The van der Waals surface area contributed by atoms with Crippen molar-refractivity contribution in [3.05, 3.63) is 70.1 Å². The van der Waals surface area contributed by atoms with Gasteiger partial charge < -0.3 is 4.74 Å². The number of nitrogens with zero attached hydrogens (tertiary/aromatic N) is 2. The van der Waals surface area contributed by atoms with Gasteiger partial charge in [0.05, 0.1) is 11.6 Å². The quantitative estimate of drug-likeness (QED) is 0.403. The van der Waals surface area contributed by atoms with E-state index >= 15 is 0 Å². The molecule has 1 aliphatic heterocycles. The molecule has 4 rings (SSSR count). The summed E-state index contributed by atoms with van der Waals surface area (Å²) in [6, 6.07) is 16.1. The van der Waals surface area contributed by atoms with E-state index in [0.29, 0.717) is 15.7 Å². The molecule has 8 heteroatoms. The topological polar surface area (TPSA) is 76.6 Å². The molecule has 3 aromatic rings. The van der Waals surface area contributed by atoms with Gasteiger partial charge in [-0.2, -0.15) is 0 Å². The van der Waals surface area contributed by atoms with E-state index in [1.807, 2.05) is 37.3 Å². The molecule has 1 saturated heterocycles. The number of rotatable bonds is 6. The Morgan fingerprint density at radius 3 is 2.58 bits per heavy atom. The summed E-state index contributed by atoms with van der Waals surface area (Å²) in [7, 11) is 0. The van der Waals surface area contributed by atoms with Gasteiger partial charge in [0, 0.05) is 34.0 Å². The lowest BCUT2D eigenvalue weighted by Crippen LogP contribution is -2.27. The summed E-state index contributed by atoms with van der Waals surface area (Å²) < 4.78 is 5.19. The van der Waals surface area contributed by atoms with Crippen molar-refractivity contribution in [1.29, 1.82) is 0 Å². The van der Waals surface area contributed by atoms with Crippen LogP contribution >= 0.6 is 22.9 Å². The number of carbonyl (C=O) groups excluding carboxylic acids is 3. The van der Waals surface area contributed by atoms with Crippen molar-refractivity contribution in [3.8, 4) is 11.3 Å². The SMILES string of the molecule is Cc1sc(N2C[C@H](C(=O)OCC(=O)c3ccc(Cl)cc3)CC2=O)nc1-c1ccccc1. The lowest BCUT2D eigenvalue weighted by Gasteiger charge is -2.12. The molecule has 1 aliphatic rings. The summed E-state index contributed by atoms with van der Waals surface area (Å²) in [6.45, 7) is 1.77. The first-order valence-corrected chi connectivity index (χ1v) is 10.9. The molecule has 2 aromatic carbocycles. The van der Waals surface area contributed by atoms with Gasteiger partial charge in [-0.1, -0.05) is 41.9 Å². The van der Waals surface area contributed by atoms with Crippen LogP contribution in [0.25, 0.3) is 11.3 Å². The Kier molecular flexibility index (Phi) is 6.15. The zero-order chi connectivity index (χ0) is 22.0. The number of anilines is 1. The minimum Gasteiger partial charge on any atom is -0.457 e. The normalized spacial score (nSPS) is 15.9. The second kappa shape index (κ2) is 8.99. The van der Waals surface area contributed by atoms with E-state index in [2.05, 4.69) is 4.98 Å². The van der Waals surface area contributed by atoms with Gasteiger partial charge in [-0.3, -0.25) is 19.3 Å². The first-order valence-electron chi connectivity index (χ1n) is 9.71. The molecule has 1 fully saturated rings. The minimum absolute atomic E-state index is 0.0350. The van der Waals surface area contributed by atoms with E-state index in [0.717, 1.165) is 16.1 Å². The number of hydrogen-bond acceptors (Lipinski definition) is 6. The number of carbonyl (C=O) groups is 3. The number of aryl methyl sites for hydroxylation is 1. The van der Waals surface area contributed by atoms with E-state index in [9.17, 15) is 14.4 Å². The maximum atomic E-state index is 12.5. The number of hydrogen-bond donors (Lipinski definition) is 0. The third-order valence-electron chi connectivity index (χ3n) is 5.03. The molecule has 0 spiro atoms. The Morgan fingerprint density at radius 1 is 1.16 bits per heavy atom. The van der Waals surface area contributed by atoms with Gasteiger partial charge >= 0.3 is 5.97 Å². The standard InChI is InChI=1S/C23H19ClN2O4S/c1-14-21(16-5-3-2-4-6-16)25-23(31-14)26-12-17(11-20(26)28)22(29)30-13-19(27)15-7-9-18(24)10-8-15/h2-10,17H,11-13H2,1H3/t17-/m1/s1. The van der Waals surface area contributed by atoms with E-state index in [1.54, 1.807) is 24.3 Å². The first-order chi connectivity index (χ1) is 14.9. The van der Waals surface area contributed by atoms with Crippen LogP contribution in [0.15, 0.2) is 54.6 Å². The van der Waals surface area contributed by atoms with Gasteiger partial charge in [-0.25, -0.2) is 4.98 Å². The van der Waals surface area contributed by atoms with Gasteiger partial charge in [0.2, 0.25) is 5.91 Å². The Hall–Kier alpha value is -3.03. The number of thiazole rings is 1. The van der Waals surface area contributed by atoms with Crippen molar-refractivity contribution in [1.82, 2.24) is 4.98 Å². The molecule has 0 aliphatic carbocycles. The maximum Gasteiger partial charge on any atom is 0.311 e. The predicted octanol–water partition coefficient (Wildman–Crippen LogP) is 4.55. The lowest BCUT2D eigenvalue weighted by atomic mass is 10.1. The van der Waals surface area contributed by atoms with Crippen LogP contribution in [-0.4, -0.2) is 35.8 Å². The molecule has 0 bridgehead atoms. The number of amides is 1. The van der Waals surface area contributed by atoms with Crippen molar-refractivity contribution in [2.75, 3.05) is 18.1 Å². The number of ether oxygens (including phenoxy) is 1. The van der Waals surface area contributed by atoms with Crippen molar-refractivity contribution < 1.29 is 19.1 Å². The predicted molar refractivity (Wildman–Crippen MR) is 119 cm³/mol. The highest BCUT2D eigenvalue weighted by Gasteiger charge is 2.38. The number of benzene rings is 2. The number of esters is 1. The maximum absolute atomic E-state index is 12.5. The van der Waals surface area contributed by atoms with E-state index < -0.39 is 11.9 Å². The molecule has 158 valence electrons. The van der Waals surface area contributed by atoms with Crippen molar-refractivity contribution >= 4 is 45.7 Å². The fourth-order valence-electron chi connectivity index (χ4n) is 3.39. The summed E-state index contributed by atoms with van der Waals surface area (Å²) in [4.78, 5) is 44.4. The Balaban J connectivity index is 1.39. The molecule has 1 atom stereocenters. The van der Waals surface area contributed by atoms with E-state index in [-0.39, 0.29) is 31.3 Å².